The van der Waals surface area contributed by atoms with Gasteiger partial charge in [-0.2, -0.15) is 0 Å². The number of hydrogen-bond donors (Lipinski definition) is 1. The minimum atomic E-state index is -0.956. The Bertz CT molecular complexity index is 985. The number of aliphatic hydroxyl groups is 1. The molecule has 2 aromatic heterocycles. The molecule has 4 rings (SSSR count). The van der Waals surface area contributed by atoms with E-state index in [1.54, 1.807) is 7.11 Å². The lowest BCUT2D eigenvalue weighted by atomic mass is 9.82. The number of benzene rings is 1. The average molecular weight is 382 g/mol. The summed E-state index contributed by atoms with van der Waals surface area (Å²) in [4.78, 5) is 4.72. The van der Waals surface area contributed by atoms with E-state index in [4.69, 9.17) is 19.2 Å². The van der Waals surface area contributed by atoms with Crippen LogP contribution in [0.5, 0.6) is 5.75 Å². The van der Waals surface area contributed by atoms with Crippen LogP contribution in [0.4, 0.5) is 0 Å². The van der Waals surface area contributed by atoms with Crippen molar-refractivity contribution in [3.8, 4) is 5.75 Å². The molecule has 0 saturated carbocycles. The van der Waals surface area contributed by atoms with Gasteiger partial charge in [-0.3, -0.25) is 0 Å². The predicted molar refractivity (Wildman–Crippen MR) is 106 cm³/mol. The molecule has 1 aliphatic rings. The van der Waals surface area contributed by atoms with Crippen molar-refractivity contribution in [3.05, 3.63) is 65.1 Å². The fraction of sp³-hybridized carbons (Fsp3) is 0.409. The number of aryl methyl sites for hydroxylation is 2. The zero-order valence-corrected chi connectivity index (χ0v) is 16.7. The molecule has 1 aliphatic heterocycles. The van der Waals surface area contributed by atoms with E-state index in [1.165, 1.54) is 0 Å². The van der Waals surface area contributed by atoms with E-state index in [9.17, 15) is 5.11 Å². The molecule has 0 aliphatic carbocycles. The maximum atomic E-state index is 11.3. The molecule has 0 radical (unpaired) electrons. The van der Waals surface area contributed by atoms with Gasteiger partial charge < -0.3 is 23.7 Å². The molecule has 3 atom stereocenters. The minimum Gasteiger partial charge on any atom is -0.479 e. The minimum absolute atomic E-state index is 0.364. The topological polar surface area (TPSA) is 65.2 Å². The summed E-state index contributed by atoms with van der Waals surface area (Å²) in [5.74, 6) is 0.651. The largest absolute Gasteiger partial charge is 0.479 e. The van der Waals surface area contributed by atoms with Crippen LogP contribution in [-0.2, 0) is 15.1 Å². The molecule has 0 saturated heterocycles. The summed E-state index contributed by atoms with van der Waals surface area (Å²) in [6, 6.07) is 11.7. The summed E-state index contributed by atoms with van der Waals surface area (Å²) in [7, 11) is 1.63. The molecule has 0 amide bonds. The number of rotatable bonds is 5. The summed E-state index contributed by atoms with van der Waals surface area (Å²) >= 11 is 0. The van der Waals surface area contributed by atoms with Crippen LogP contribution in [0.1, 0.15) is 35.5 Å². The van der Waals surface area contributed by atoms with Crippen molar-refractivity contribution in [2.75, 3.05) is 20.3 Å². The number of aromatic nitrogens is 2. The van der Waals surface area contributed by atoms with Gasteiger partial charge in [-0.25, -0.2) is 4.98 Å². The number of nitrogens with zero attached hydrogens (tertiary/aromatic N) is 2. The van der Waals surface area contributed by atoms with Gasteiger partial charge in [-0.05, 0) is 32.4 Å². The Morgan fingerprint density at radius 3 is 2.64 bits per heavy atom. The number of imidazole rings is 1. The van der Waals surface area contributed by atoms with Gasteiger partial charge in [-0.15, -0.1) is 0 Å². The summed E-state index contributed by atoms with van der Waals surface area (Å²) in [5, 5.41) is 11.3. The van der Waals surface area contributed by atoms with Gasteiger partial charge >= 0.3 is 0 Å². The van der Waals surface area contributed by atoms with E-state index < -0.39 is 17.8 Å². The van der Waals surface area contributed by atoms with E-state index >= 15 is 0 Å². The molecule has 3 aromatic rings. The zero-order valence-electron chi connectivity index (χ0n) is 16.7. The maximum Gasteiger partial charge on any atom is 0.180 e. The summed E-state index contributed by atoms with van der Waals surface area (Å²) in [6.45, 7) is 6.72. The predicted octanol–water partition coefficient (Wildman–Crippen LogP) is 3.32. The number of fused-ring (bicyclic) bond motifs is 3. The van der Waals surface area contributed by atoms with Crippen molar-refractivity contribution in [3.63, 3.8) is 0 Å². The van der Waals surface area contributed by atoms with Crippen LogP contribution in [0.2, 0.25) is 0 Å². The summed E-state index contributed by atoms with van der Waals surface area (Å²) in [5.41, 5.74) is 3.47. The third-order valence-corrected chi connectivity index (χ3v) is 5.67. The molecule has 0 spiro atoms. The van der Waals surface area contributed by atoms with Gasteiger partial charge in [0.2, 0.25) is 0 Å². The average Bonchev–Trinajstić information content (AvgIpc) is 3.00. The summed E-state index contributed by atoms with van der Waals surface area (Å²) < 4.78 is 19.7. The molecule has 1 aromatic carbocycles. The number of pyridine rings is 1. The van der Waals surface area contributed by atoms with Gasteiger partial charge in [0.15, 0.2) is 17.5 Å². The van der Waals surface area contributed by atoms with E-state index in [1.807, 2.05) is 67.8 Å². The summed E-state index contributed by atoms with van der Waals surface area (Å²) in [6.07, 6.45) is 0.504. The lowest BCUT2D eigenvalue weighted by molar-refractivity contribution is -0.171. The Labute approximate surface area is 164 Å². The SMILES string of the molecule is COCCO[C@]1(C)c2ccn3c(C)c(C)nc3c2O[C@H](c2ccccc2)[C@H]1O. The number of aliphatic hydroxyl groups excluding tert-OH is 1. The lowest BCUT2D eigenvalue weighted by Crippen LogP contribution is -2.48. The fourth-order valence-electron chi connectivity index (χ4n) is 3.85. The van der Waals surface area contributed by atoms with Crippen molar-refractivity contribution in [2.45, 2.75) is 38.6 Å². The van der Waals surface area contributed by atoms with Crippen molar-refractivity contribution >= 4 is 5.65 Å². The normalized spacial score (nSPS) is 24.2. The van der Waals surface area contributed by atoms with Crippen LogP contribution < -0.4 is 4.74 Å². The van der Waals surface area contributed by atoms with E-state index in [0.29, 0.717) is 19.0 Å². The highest BCUT2D eigenvalue weighted by atomic mass is 16.6. The molecule has 1 N–H and O–H groups in total. The van der Waals surface area contributed by atoms with Crippen LogP contribution in [0, 0.1) is 13.8 Å². The first-order valence-electron chi connectivity index (χ1n) is 9.48. The van der Waals surface area contributed by atoms with E-state index in [-0.39, 0.29) is 0 Å². The molecule has 0 bridgehead atoms. The fourth-order valence-corrected chi connectivity index (χ4v) is 3.85. The third-order valence-electron chi connectivity index (χ3n) is 5.67. The van der Waals surface area contributed by atoms with Crippen LogP contribution >= 0.6 is 0 Å². The van der Waals surface area contributed by atoms with E-state index in [0.717, 1.165) is 28.2 Å². The Balaban J connectivity index is 1.89. The quantitative estimate of drug-likeness (QED) is 0.686. The van der Waals surface area contributed by atoms with Gasteiger partial charge in [0, 0.05) is 24.6 Å². The number of methoxy groups -OCH3 is 1. The standard InChI is InChI=1S/C22H26N2O4/c1-14-15(2)24-11-10-17-19(21(24)23-14)28-18(16-8-6-5-7-9-16)20(25)22(17,3)27-13-12-26-4/h5-11,18,20,25H,12-13H2,1-4H3/t18-,20-,22-/m1/s1. The highest BCUT2D eigenvalue weighted by molar-refractivity contribution is 5.63. The maximum absolute atomic E-state index is 11.3. The van der Waals surface area contributed by atoms with Crippen LogP contribution in [0.25, 0.3) is 5.65 Å². The van der Waals surface area contributed by atoms with Crippen molar-refractivity contribution < 1.29 is 19.3 Å². The number of ether oxygens (including phenoxy) is 3. The van der Waals surface area contributed by atoms with Crippen LogP contribution in [0.3, 0.4) is 0 Å². The Morgan fingerprint density at radius 1 is 1.18 bits per heavy atom. The molecular weight excluding hydrogens is 356 g/mol. The van der Waals surface area contributed by atoms with Crippen molar-refractivity contribution in [1.29, 1.82) is 0 Å². The first kappa shape index (κ1) is 18.9. The van der Waals surface area contributed by atoms with Crippen LogP contribution in [0.15, 0.2) is 42.6 Å². The molecule has 3 heterocycles. The molecular formula is C22H26N2O4. The lowest BCUT2D eigenvalue weighted by Gasteiger charge is -2.44. The second-order valence-electron chi connectivity index (χ2n) is 7.38. The third kappa shape index (κ3) is 2.89. The van der Waals surface area contributed by atoms with Crippen molar-refractivity contribution in [2.24, 2.45) is 0 Å². The molecule has 6 heteroatoms. The molecule has 28 heavy (non-hydrogen) atoms. The van der Waals surface area contributed by atoms with Crippen LogP contribution in [-0.4, -0.2) is 40.9 Å². The Kier molecular flexibility index (Phi) is 4.87. The first-order valence-corrected chi connectivity index (χ1v) is 9.48. The first-order chi connectivity index (χ1) is 13.5. The molecule has 148 valence electrons. The molecule has 6 nitrogen and oxygen atoms in total. The highest BCUT2D eigenvalue weighted by Crippen LogP contribution is 2.48. The highest BCUT2D eigenvalue weighted by Gasteiger charge is 2.49. The Morgan fingerprint density at radius 2 is 1.93 bits per heavy atom. The van der Waals surface area contributed by atoms with Crippen molar-refractivity contribution in [1.82, 2.24) is 9.38 Å². The smallest absolute Gasteiger partial charge is 0.180 e. The Hall–Kier alpha value is -2.41. The van der Waals surface area contributed by atoms with Gasteiger partial charge in [0.25, 0.3) is 0 Å². The van der Waals surface area contributed by atoms with Gasteiger partial charge in [0.05, 0.1) is 18.9 Å². The number of hydrogen-bond acceptors (Lipinski definition) is 5. The van der Waals surface area contributed by atoms with Gasteiger partial charge in [0.1, 0.15) is 11.7 Å². The zero-order chi connectivity index (χ0) is 19.9. The van der Waals surface area contributed by atoms with E-state index in [2.05, 4.69) is 0 Å². The molecule has 0 unspecified atom stereocenters. The molecule has 0 fully saturated rings. The second kappa shape index (κ2) is 7.20. The van der Waals surface area contributed by atoms with Gasteiger partial charge in [-0.1, -0.05) is 30.3 Å². The second-order valence-corrected chi connectivity index (χ2v) is 7.38. The monoisotopic (exact) mass is 382 g/mol.